The van der Waals surface area contributed by atoms with Gasteiger partial charge >= 0.3 is 0 Å². The fourth-order valence-electron chi connectivity index (χ4n) is 3.33. The lowest BCUT2D eigenvalue weighted by Gasteiger charge is -2.45. The van der Waals surface area contributed by atoms with Crippen LogP contribution in [0.2, 0.25) is 0 Å². The van der Waals surface area contributed by atoms with Crippen LogP contribution in [0.3, 0.4) is 0 Å². The minimum Gasteiger partial charge on any atom is -0.486 e. The van der Waals surface area contributed by atoms with E-state index in [0.29, 0.717) is 42.7 Å². The number of morpholine rings is 1. The maximum Gasteiger partial charge on any atom is 0.225 e. The average Bonchev–Trinajstić information content (AvgIpc) is 2.67. The second-order valence-corrected chi connectivity index (χ2v) is 10.4. The van der Waals surface area contributed by atoms with E-state index in [2.05, 4.69) is 20.2 Å². The summed E-state index contributed by atoms with van der Waals surface area (Å²) in [6.45, 7) is 6.90. The number of nitrogens with two attached hydrogens (primary N) is 1. The summed E-state index contributed by atoms with van der Waals surface area (Å²) in [5, 5.41) is 10.4. The van der Waals surface area contributed by atoms with E-state index in [0.717, 1.165) is 6.21 Å². The third-order valence-corrected chi connectivity index (χ3v) is 7.44. The number of hydrogen-bond donors (Lipinski definition) is 3. The van der Waals surface area contributed by atoms with Crippen molar-refractivity contribution in [2.45, 2.75) is 37.6 Å². The van der Waals surface area contributed by atoms with E-state index in [1.54, 1.807) is 13.8 Å². The van der Waals surface area contributed by atoms with Crippen molar-refractivity contribution in [3.8, 4) is 5.75 Å². The molecule has 160 valence electrons. The van der Waals surface area contributed by atoms with Crippen LogP contribution in [0.5, 0.6) is 5.75 Å². The van der Waals surface area contributed by atoms with Gasteiger partial charge in [0, 0.05) is 30.8 Å². The minimum absolute atomic E-state index is 0.00994. The van der Waals surface area contributed by atoms with Crippen LogP contribution in [-0.4, -0.2) is 69.3 Å². The number of sulfone groups is 1. The SMILES string of the molecule is C[C@@H]1COCC2COc3c(nc(NC/C(C=N)=C/N)nc3C(C)(C)S(C)(=O)=O)N21. The Kier molecular flexibility index (Phi) is 5.72. The first-order valence-corrected chi connectivity index (χ1v) is 11.3. The molecule has 0 amide bonds. The van der Waals surface area contributed by atoms with E-state index < -0.39 is 14.6 Å². The number of rotatable bonds is 6. The van der Waals surface area contributed by atoms with Crippen molar-refractivity contribution in [3.63, 3.8) is 0 Å². The second kappa shape index (κ2) is 7.79. The molecule has 3 rings (SSSR count). The largest absolute Gasteiger partial charge is 0.486 e. The molecule has 1 fully saturated rings. The quantitative estimate of drug-likeness (QED) is 0.561. The number of ether oxygens (including phenoxy) is 2. The van der Waals surface area contributed by atoms with Gasteiger partial charge in [-0.3, -0.25) is 0 Å². The van der Waals surface area contributed by atoms with Crippen molar-refractivity contribution in [1.29, 1.82) is 5.41 Å². The van der Waals surface area contributed by atoms with Crippen molar-refractivity contribution in [2.75, 3.05) is 42.8 Å². The number of aromatic nitrogens is 2. The lowest BCUT2D eigenvalue weighted by Crippen LogP contribution is -2.56. The lowest BCUT2D eigenvalue weighted by molar-refractivity contribution is 0.0482. The van der Waals surface area contributed by atoms with E-state index in [9.17, 15) is 8.42 Å². The summed E-state index contributed by atoms with van der Waals surface area (Å²) >= 11 is 0. The van der Waals surface area contributed by atoms with Gasteiger partial charge in [0.05, 0.1) is 25.3 Å². The summed E-state index contributed by atoms with van der Waals surface area (Å²) in [4.78, 5) is 11.2. The van der Waals surface area contributed by atoms with Gasteiger partial charge in [-0.2, -0.15) is 4.98 Å². The summed E-state index contributed by atoms with van der Waals surface area (Å²) in [5.74, 6) is 1.19. The molecule has 11 heteroatoms. The van der Waals surface area contributed by atoms with E-state index in [1.165, 1.54) is 12.5 Å². The van der Waals surface area contributed by atoms with Gasteiger partial charge in [-0.15, -0.1) is 0 Å². The second-order valence-electron chi connectivity index (χ2n) is 7.83. The maximum absolute atomic E-state index is 12.5. The first kappa shape index (κ1) is 21.3. The van der Waals surface area contributed by atoms with Crippen LogP contribution >= 0.6 is 0 Å². The van der Waals surface area contributed by atoms with Crippen molar-refractivity contribution < 1.29 is 17.9 Å². The van der Waals surface area contributed by atoms with Gasteiger partial charge < -0.3 is 30.8 Å². The summed E-state index contributed by atoms with van der Waals surface area (Å²) < 4.78 is 35.4. The molecule has 0 radical (unpaired) electrons. The van der Waals surface area contributed by atoms with Crippen LogP contribution in [0, 0.1) is 5.41 Å². The van der Waals surface area contributed by atoms with Gasteiger partial charge in [-0.1, -0.05) is 0 Å². The Labute approximate surface area is 170 Å². The number of fused-ring (bicyclic) bond motifs is 3. The molecule has 1 aromatic rings. The van der Waals surface area contributed by atoms with Gasteiger partial charge in [0.25, 0.3) is 0 Å². The van der Waals surface area contributed by atoms with E-state index in [1.807, 2.05) is 6.92 Å². The van der Waals surface area contributed by atoms with Crippen molar-refractivity contribution in [3.05, 3.63) is 17.5 Å². The predicted octanol–water partition coefficient (Wildman–Crippen LogP) is 0.646. The molecule has 2 aliphatic rings. The monoisotopic (exact) mass is 424 g/mol. The first-order chi connectivity index (χ1) is 13.6. The van der Waals surface area contributed by atoms with Gasteiger partial charge in [0.15, 0.2) is 21.4 Å². The Morgan fingerprint density at radius 1 is 1.38 bits per heavy atom. The summed E-state index contributed by atoms with van der Waals surface area (Å²) in [5.41, 5.74) is 6.35. The summed E-state index contributed by atoms with van der Waals surface area (Å²) in [6.07, 6.45) is 3.64. The van der Waals surface area contributed by atoms with Crippen LogP contribution in [0.1, 0.15) is 26.5 Å². The molecular weight excluding hydrogens is 396 g/mol. The Balaban J connectivity index is 2.14. The normalized spacial score (nSPS) is 22.3. The van der Waals surface area contributed by atoms with Crippen LogP contribution in [0.25, 0.3) is 0 Å². The Bertz CT molecular complexity index is 931. The molecule has 0 aromatic carbocycles. The lowest BCUT2D eigenvalue weighted by atomic mass is 10.0. The van der Waals surface area contributed by atoms with E-state index in [4.69, 9.17) is 20.6 Å². The van der Waals surface area contributed by atoms with Crippen molar-refractivity contribution >= 4 is 27.8 Å². The number of nitrogens with zero attached hydrogens (tertiary/aromatic N) is 3. The zero-order valence-corrected chi connectivity index (χ0v) is 17.9. The number of anilines is 2. The van der Waals surface area contributed by atoms with Crippen LogP contribution in [0.4, 0.5) is 11.8 Å². The first-order valence-electron chi connectivity index (χ1n) is 9.36. The predicted molar refractivity (Wildman–Crippen MR) is 111 cm³/mol. The topological polar surface area (TPSA) is 144 Å². The smallest absolute Gasteiger partial charge is 0.225 e. The summed E-state index contributed by atoms with van der Waals surface area (Å²) in [6, 6.07) is 0.0405. The van der Waals surface area contributed by atoms with Crippen LogP contribution in [0.15, 0.2) is 11.8 Å². The molecule has 1 aromatic heterocycles. The molecule has 0 bridgehead atoms. The average molecular weight is 425 g/mol. The molecule has 4 N–H and O–H groups in total. The van der Waals surface area contributed by atoms with Gasteiger partial charge in [-0.05, 0) is 20.8 Å². The highest BCUT2D eigenvalue weighted by atomic mass is 32.2. The third kappa shape index (κ3) is 3.88. The molecule has 1 saturated heterocycles. The Hall–Kier alpha value is -2.40. The Morgan fingerprint density at radius 2 is 2.10 bits per heavy atom. The highest BCUT2D eigenvalue weighted by Crippen LogP contribution is 2.44. The highest BCUT2D eigenvalue weighted by molar-refractivity contribution is 7.91. The molecule has 10 nitrogen and oxygen atoms in total. The summed E-state index contributed by atoms with van der Waals surface area (Å²) in [7, 11) is -3.50. The highest BCUT2D eigenvalue weighted by Gasteiger charge is 2.43. The molecule has 0 aliphatic carbocycles. The van der Waals surface area contributed by atoms with E-state index in [-0.39, 0.29) is 24.6 Å². The molecule has 1 unspecified atom stereocenters. The molecule has 0 spiro atoms. The zero-order valence-electron chi connectivity index (χ0n) is 17.1. The fraction of sp³-hybridized carbons (Fsp3) is 0.611. The van der Waals surface area contributed by atoms with Crippen molar-refractivity contribution in [1.82, 2.24) is 9.97 Å². The molecule has 0 saturated carbocycles. The molecule has 29 heavy (non-hydrogen) atoms. The maximum atomic E-state index is 12.5. The van der Waals surface area contributed by atoms with E-state index >= 15 is 0 Å². The fourth-order valence-corrected chi connectivity index (χ4v) is 3.82. The number of hydrogen-bond acceptors (Lipinski definition) is 10. The Morgan fingerprint density at radius 3 is 2.72 bits per heavy atom. The molecule has 2 atom stereocenters. The molecule has 2 aliphatic heterocycles. The van der Waals surface area contributed by atoms with Gasteiger partial charge in [0.1, 0.15) is 17.0 Å². The van der Waals surface area contributed by atoms with Crippen LogP contribution < -0.4 is 20.7 Å². The zero-order chi connectivity index (χ0) is 21.4. The van der Waals surface area contributed by atoms with Gasteiger partial charge in [0.2, 0.25) is 5.95 Å². The van der Waals surface area contributed by atoms with Crippen LogP contribution in [-0.2, 0) is 19.3 Å². The molecule has 3 heterocycles. The van der Waals surface area contributed by atoms with Gasteiger partial charge in [-0.25, -0.2) is 13.4 Å². The van der Waals surface area contributed by atoms with Crippen molar-refractivity contribution in [2.24, 2.45) is 5.73 Å². The molecular formula is C18H28N6O4S. The minimum atomic E-state index is -3.50. The standard InChI is InChI=1S/C18H28N6O4S/c1-11-8-27-9-13-10-28-14-15(18(2,3)29(4,25)26)22-17(23-16(14)24(11)13)21-7-12(5-19)6-20/h5-6,11,13,19H,7-10,20H2,1-4H3,(H,21,22,23)/b12-6+,19-5?/t11-,13?/m1/s1. The number of nitrogens with one attached hydrogen (secondary N) is 2. The third-order valence-electron chi connectivity index (χ3n) is 5.40.